The van der Waals surface area contributed by atoms with Crippen molar-refractivity contribution in [2.75, 3.05) is 32.6 Å². The van der Waals surface area contributed by atoms with E-state index in [1.54, 1.807) is 16.2 Å². The van der Waals surface area contributed by atoms with Crippen LogP contribution in [0.4, 0.5) is 0 Å². The lowest BCUT2D eigenvalue weighted by molar-refractivity contribution is -0.161. The van der Waals surface area contributed by atoms with E-state index in [4.69, 9.17) is 4.74 Å². The molecular weight excluding hydrogens is 286 g/mol. The minimum Gasteiger partial charge on any atom is -0.467 e. The fourth-order valence-corrected chi connectivity index (χ4v) is 3.41. The van der Waals surface area contributed by atoms with Crippen LogP contribution in [0.2, 0.25) is 0 Å². The topological polar surface area (TPSA) is 55.8 Å². The van der Waals surface area contributed by atoms with Crippen molar-refractivity contribution < 1.29 is 19.1 Å². The van der Waals surface area contributed by atoms with Gasteiger partial charge in [0.1, 0.15) is 0 Å². The molecule has 5 nitrogen and oxygen atoms in total. The maximum atomic E-state index is 12.1. The van der Waals surface area contributed by atoms with Crippen LogP contribution in [0.5, 0.6) is 0 Å². The predicted octanol–water partition coefficient (Wildman–Crippen LogP) is 1.24. The summed E-state index contributed by atoms with van der Waals surface area (Å²) in [6, 6.07) is 3.94. The molecule has 0 aromatic carbocycles. The predicted molar refractivity (Wildman–Crippen MR) is 73.4 cm³/mol. The maximum absolute atomic E-state index is 12.1. The number of carbonyl (C=O) groups excluding carboxylic acids is 2. The molecule has 1 fully saturated rings. The Hall–Kier alpha value is -1.05. The van der Waals surface area contributed by atoms with E-state index in [0.717, 1.165) is 4.21 Å². The van der Waals surface area contributed by atoms with Gasteiger partial charge in [-0.2, -0.15) is 0 Å². The number of ether oxygens (including phenoxy) is 2. The number of thioether (sulfide) groups is 1. The molecular formula is C12H15NO4S2. The molecule has 1 aliphatic heterocycles. The van der Waals surface area contributed by atoms with Gasteiger partial charge in [0.2, 0.25) is 5.91 Å². The molecule has 104 valence electrons. The number of thiophene rings is 1. The van der Waals surface area contributed by atoms with Crippen molar-refractivity contribution >= 4 is 35.0 Å². The molecule has 0 aliphatic carbocycles. The van der Waals surface area contributed by atoms with E-state index >= 15 is 0 Å². The Morgan fingerprint density at radius 2 is 2.47 bits per heavy atom. The van der Waals surface area contributed by atoms with Gasteiger partial charge in [-0.15, -0.1) is 23.1 Å². The van der Waals surface area contributed by atoms with Crippen LogP contribution in [0.1, 0.15) is 0 Å². The molecule has 0 spiro atoms. The Kier molecular flexibility index (Phi) is 5.24. The van der Waals surface area contributed by atoms with Crippen LogP contribution in [0.25, 0.3) is 0 Å². The first-order valence-corrected chi connectivity index (χ1v) is 7.70. The minimum atomic E-state index is -0.658. The van der Waals surface area contributed by atoms with Gasteiger partial charge < -0.3 is 14.4 Å². The van der Waals surface area contributed by atoms with Gasteiger partial charge in [0.25, 0.3) is 0 Å². The zero-order valence-corrected chi connectivity index (χ0v) is 12.2. The van der Waals surface area contributed by atoms with Crippen molar-refractivity contribution in [2.45, 2.75) is 10.3 Å². The zero-order chi connectivity index (χ0) is 13.7. The summed E-state index contributed by atoms with van der Waals surface area (Å²) in [6.45, 7) is 1.17. The fourth-order valence-electron chi connectivity index (χ4n) is 1.72. The number of nitrogens with zero attached hydrogens (tertiary/aromatic N) is 1. The van der Waals surface area contributed by atoms with Crippen molar-refractivity contribution in [3.05, 3.63) is 17.5 Å². The average molecular weight is 301 g/mol. The molecule has 2 heterocycles. The SMILES string of the molecule is COC(=O)C1CN(C(=O)CSc2cccs2)CCO1. The Morgan fingerprint density at radius 3 is 3.16 bits per heavy atom. The van der Waals surface area contributed by atoms with Crippen molar-refractivity contribution in [2.24, 2.45) is 0 Å². The number of esters is 1. The molecule has 2 rings (SSSR count). The largest absolute Gasteiger partial charge is 0.467 e. The summed E-state index contributed by atoms with van der Waals surface area (Å²) in [7, 11) is 1.32. The van der Waals surface area contributed by atoms with Crippen LogP contribution >= 0.6 is 23.1 Å². The summed E-state index contributed by atoms with van der Waals surface area (Å²) >= 11 is 3.13. The molecule has 7 heteroatoms. The van der Waals surface area contributed by atoms with Crippen LogP contribution in [-0.2, 0) is 19.1 Å². The number of carbonyl (C=O) groups is 2. The third-order valence-corrected chi connectivity index (χ3v) is 4.83. The normalized spacial score (nSPS) is 19.2. The van der Waals surface area contributed by atoms with Gasteiger partial charge in [-0.1, -0.05) is 6.07 Å². The smallest absolute Gasteiger partial charge is 0.336 e. The highest BCUT2D eigenvalue weighted by molar-refractivity contribution is 8.01. The molecule has 1 aliphatic rings. The van der Waals surface area contributed by atoms with E-state index in [2.05, 4.69) is 4.74 Å². The van der Waals surface area contributed by atoms with Crippen LogP contribution < -0.4 is 0 Å². The summed E-state index contributed by atoms with van der Waals surface area (Å²) < 4.78 is 11.0. The Labute approximate surface area is 119 Å². The number of hydrogen-bond donors (Lipinski definition) is 0. The second-order valence-electron chi connectivity index (χ2n) is 3.94. The highest BCUT2D eigenvalue weighted by Gasteiger charge is 2.29. The summed E-state index contributed by atoms with van der Waals surface area (Å²) in [5.41, 5.74) is 0. The van der Waals surface area contributed by atoms with Crippen molar-refractivity contribution in [1.82, 2.24) is 4.90 Å². The molecule has 1 saturated heterocycles. The zero-order valence-electron chi connectivity index (χ0n) is 10.5. The van der Waals surface area contributed by atoms with Gasteiger partial charge in [0.05, 0.1) is 30.2 Å². The fraction of sp³-hybridized carbons (Fsp3) is 0.500. The van der Waals surface area contributed by atoms with E-state index in [9.17, 15) is 9.59 Å². The van der Waals surface area contributed by atoms with Gasteiger partial charge >= 0.3 is 5.97 Å². The molecule has 1 aromatic rings. The lowest BCUT2D eigenvalue weighted by atomic mass is 10.2. The average Bonchev–Trinajstić information content (AvgIpc) is 2.97. The highest BCUT2D eigenvalue weighted by Crippen LogP contribution is 2.23. The minimum absolute atomic E-state index is 0.0237. The maximum Gasteiger partial charge on any atom is 0.336 e. The van der Waals surface area contributed by atoms with E-state index in [1.165, 1.54) is 18.9 Å². The van der Waals surface area contributed by atoms with Crippen molar-refractivity contribution in [3.8, 4) is 0 Å². The number of rotatable bonds is 4. The second kappa shape index (κ2) is 6.93. The van der Waals surface area contributed by atoms with Crippen LogP contribution in [0.15, 0.2) is 21.7 Å². The lowest BCUT2D eigenvalue weighted by Crippen LogP contribution is -2.49. The van der Waals surface area contributed by atoms with Gasteiger partial charge in [-0.05, 0) is 11.4 Å². The van der Waals surface area contributed by atoms with Gasteiger partial charge in [0.15, 0.2) is 6.10 Å². The molecule has 0 saturated carbocycles. The molecule has 1 aromatic heterocycles. The first kappa shape index (κ1) is 14.4. The molecule has 0 N–H and O–H groups in total. The van der Waals surface area contributed by atoms with E-state index in [1.807, 2.05) is 17.5 Å². The first-order chi connectivity index (χ1) is 9.20. The van der Waals surface area contributed by atoms with Crippen LogP contribution in [0.3, 0.4) is 0 Å². The van der Waals surface area contributed by atoms with Gasteiger partial charge in [0, 0.05) is 6.54 Å². The Morgan fingerprint density at radius 1 is 1.63 bits per heavy atom. The number of hydrogen-bond acceptors (Lipinski definition) is 6. The van der Waals surface area contributed by atoms with Crippen LogP contribution in [0, 0.1) is 0 Å². The summed E-state index contributed by atoms with van der Waals surface area (Å²) in [5.74, 6) is -0.0204. The third-order valence-electron chi connectivity index (χ3n) is 2.72. The van der Waals surface area contributed by atoms with Gasteiger partial charge in [-0.3, -0.25) is 4.79 Å². The van der Waals surface area contributed by atoms with Gasteiger partial charge in [-0.25, -0.2) is 4.79 Å². The lowest BCUT2D eigenvalue weighted by Gasteiger charge is -2.31. The number of amides is 1. The molecule has 0 radical (unpaired) electrons. The second-order valence-corrected chi connectivity index (χ2v) is 6.17. The molecule has 0 bridgehead atoms. The standard InChI is InChI=1S/C12H15NO4S2/c1-16-12(15)9-7-13(4-5-17-9)10(14)8-19-11-3-2-6-18-11/h2-3,6,9H,4-5,7-8H2,1H3. The quantitative estimate of drug-likeness (QED) is 0.619. The van der Waals surface area contributed by atoms with E-state index in [0.29, 0.717) is 18.9 Å². The highest BCUT2D eigenvalue weighted by atomic mass is 32.2. The summed E-state index contributed by atoms with van der Waals surface area (Å²) in [6.07, 6.45) is -0.658. The third kappa shape index (κ3) is 3.95. The van der Waals surface area contributed by atoms with E-state index in [-0.39, 0.29) is 12.5 Å². The summed E-state index contributed by atoms with van der Waals surface area (Å²) in [4.78, 5) is 25.1. The number of methoxy groups -OCH3 is 1. The van der Waals surface area contributed by atoms with Crippen molar-refractivity contribution in [3.63, 3.8) is 0 Å². The first-order valence-electron chi connectivity index (χ1n) is 5.84. The molecule has 1 amide bonds. The van der Waals surface area contributed by atoms with Crippen molar-refractivity contribution in [1.29, 1.82) is 0 Å². The van der Waals surface area contributed by atoms with Crippen LogP contribution in [-0.4, -0.2) is 55.4 Å². The number of morpholine rings is 1. The van der Waals surface area contributed by atoms with E-state index < -0.39 is 12.1 Å². The molecule has 19 heavy (non-hydrogen) atoms. The molecule has 1 unspecified atom stereocenters. The monoisotopic (exact) mass is 301 g/mol. The Bertz CT molecular complexity index is 435. The Balaban J connectivity index is 1.83. The summed E-state index contributed by atoms with van der Waals surface area (Å²) in [5, 5.41) is 1.98. The molecule has 1 atom stereocenters.